The number of Topliss-reactive ketones (excluding diaryl/α,β-unsaturated/α-hetero) is 1. The molecule has 0 amide bonds. The molecule has 1 heterocycles. The lowest BCUT2D eigenvalue weighted by Gasteiger charge is -2.11. The zero-order chi connectivity index (χ0) is 15.6. The molecule has 1 saturated heterocycles. The van der Waals surface area contributed by atoms with E-state index in [4.69, 9.17) is 9.47 Å². The Bertz CT molecular complexity index is 681. The first kappa shape index (κ1) is 14.5. The van der Waals surface area contributed by atoms with Crippen molar-refractivity contribution in [2.24, 2.45) is 0 Å². The summed E-state index contributed by atoms with van der Waals surface area (Å²) in [6.45, 7) is 1.91. The molecule has 112 valence electrons. The van der Waals surface area contributed by atoms with Gasteiger partial charge in [0.1, 0.15) is 6.10 Å². The molecule has 22 heavy (non-hydrogen) atoms. The molecule has 1 aliphatic rings. The van der Waals surface area contributed by atoms with Crippen molar-refractivity contribution in [3.05, 3.63) is 71.8 Å². The first-order valence-electron chi connectivity index (χ1n) is 7.20. The summed E-state index contributed by atoms with van der Waals surface area (Å²) in [7, 11) is 0. The summed E-state index contributed by atoms with van der Waals surface area (Å²) in [5.74, 6) is -0.988. The van der Waals surface area contributed by atoms with Gasteiger partial charge in [0.2, 0.25) is 5.78 Å². The number of epoxide rings is 1. The number of hydrogen-bond acceptors (Lipinski definition) is 4. The van der Waals surface area contributed by atoms with Crippen LogP contribution in [0.5, 0.6) is 0 Å². The summed E-state index contributed by atoms with van der Waals surface area (Å²) in [4.78, 5) is 25.2. The first-order valence-corrected chi connectivity index (χ1v) is 7.20. The van der Waals surface area contributed by atoms with Gasteiger partial charge in [-0.15, -0.1) is 0 Å². The maximum atomic E-state index is 12.8. The van der Waals surface area contributed by atoms with Crippen LogP contribution >= 0.6 is 0 Å². The van der Waals surface area contributed by atoms with Crippen LogP contribution in [0.3, 0.4) is 0 Å². The van der Waals surface area contributed by atoms with E-state index in [0.717, 1.165) is 5.56 Å². The summed E-state index contributed by atoms with van der Waals surface area (Å²) in [5.41, 5.74) is -0.326. The lowest BCUT2D eigenvalue weighted by atomic mass is 9.91. The third kappa shape index (κ3) is 2.31. The highest BCUT2D eigenvalue weighted by Gasteiger charge is 2.70. The van der Waals surface area contributed by atoms with Gasteiger partial charge in [0.05, 0.1) is 6.61 Å². The van der Waals surface area contributed by atoms with E-state index < -0.39 is 17.7 Å². The van der Waals surface area contributed by atoms with Crippen LogP contribution in [0.4, 0.5) is 0 Å². The minimum atomic E-state index is -1.56. The van der Waals surface area contributed by atoms with E-state index >= 15 is 0 Å². The molecule has 0 spiro atoms. The predicted octanol–water partition coefficient (Wildman–Crippen LogP) is 2.94. The number of benzene rings is 2. The van der Waals surface area contributed by atoms with E-state index in [2.05, 4.69) is 0 Å². The zero-order valence-corrected chi connectivity index (χ0v) is 12.2. The highest BCUT2D eigenvalue weighted by molar-refractivity contribution is 6.18. The number of esters is 1. The fraction of sp³-hybridized carbons (Fsp3) is 0.222. The molecule has 2 aromatic rings. The number of ketones is 1. The quantitative estimate of drug-likeness (QED) is 0.368. The maximum absolute atomic E-state index is 12.8. The van der Waals surface area contributed by atoms with E-state index in [9.17, 15) is 9.59 Å². The third-order valence-electron chi connectivity index (χ3n) is 3.67. The van der Waals surface area contributed by atoms with Gasteiger partial charge in [-0.3, -0.25) is 4.79 Å². The van der Waals surface area contributed by atoms with Gasteiger partial charge in [0, 0.05) is 5.56 Å². The Morgan fingerprint density at radius 3 is 2.23 bits per heavy atom. The Kier molecular flexibility index (Phi) is 3.77. The molecule has 0 N–H and O–H groups in total. The van der Waals surface area contributed by atoms with Crippen LogP contribution in [0.25, 0.3) is 0 Å². The largest absolute Gasteiger partial charge is 0.463 e. The molecular weight excluding hydrogens is 280 g/mol. The third-order valence-corrected chi connectivity index (χ3v) is 3.67. The Hall–Kier alpha value is -2.46. The second-order valence-corrected chi connectivity index (χ2v) is 5.06. The van der Waals surface area contributed by atoms with Crippen molar-refractivity contribution in [3.63, 3.8) is 0 Å². The maximum Gasteiger partial charge on any atom is 0.349 e. The molecule has 4 heteroatoms. The summed E-state index contributed by atoms with van der Waals surface area (Å²) in [6, 6.07) is 17.9. The van der Waals surface area contributed by atoms with Crippen molar-refractivity contribution in [2.45, 2.75) is 18.6 Å². The fourth-order valence-corrected chi connectivity index (χ4v) is 2.55. The van der Waals surface area contributed by atoms with E-state index in [0.29, 0.717) is 5.56 Å². The monoisotopic (exact) mass is 296 g/mol. The highest BCUT2D eigenvalue weighted by atomic mass is 16.7. The Morgan fingerprint density at radius 1 is 1.05 bits per heavy atom. The number of rotatable bonds is 5. The molecule has 0 radical (unpaired) electrons. The van der Waals surface area contributed by atoms with Crippen LogP contribution in [-0.2, 0) is 14.3 Å². The molecule has 3 rings (SSSR count). The van der Waals surface area contributed by atoms with E-state index in [1.54, 1.807) is 31.2 Å². The molecule has 1 fully saturated rings. The lowest BCUT2D eigenvalue weighted by molar-refractivity contribution is -0.147. The minimum Gasteiger partial charge on any atom is -0.463 e. The SMILES string of the molecule is CCOC(=O)C1(C(=O)c2ccccc2)OC1c1ccccc1. The van der Waals surface area contributed by atoms with Crippen LogP contribution in [0.15, 0.2) is 60.7 Å². The average molecular weight is 296 g/mol. The van der Waals surface area contributed by atoms with E-state index in [1.165, 1.54) is 0 Å². The van der Waals surface area contributed by atoms with Gasteiger partial charge < -0.3 is 9.47 Å². The molecule has 0 aliphatic carbocycles. The summed E-state index contributed by atoms with van der Waals surface area (Å²) in [5, 5.41) is 0. The van der Waals surface area contributed by atoms with Gasteiger partial charge in [-0.25, -0.2) is 4.79 Å². The molecule has 1 aliphatic heterocycles. The van der Waals surface area contributed by atoms with Crippen molar-refractivity contribution in [3.8, 4) is 0 Å². The second-order valence-electron chi connectivity index (χ2n) is 5.06. The predicted molar refractivity (Wildman–Crippen MR) is 80.4 cm³/mol. The summed E-state index contributed by atoms with van der Waals surface area (Å²) >= 11 is 0. The topological polar surface area (TPSA) is 55.9 Å². The highest BCUT2D eigenvalue weighted by Crippen LogP contribution is 2.52. The first-order chi connectivity index (χ1) is 10.7. The number of hydrogen-bond donors (Lipinski definition) is 0. The number of carbonyl (C=O) groups excluding carboxylic acids is 2. The van der Waals surface area contributed by atoms with Gasteiger partial charge in [0.15, 0.2) is 0 Å². The fourth-order valence-electron chi connectivity index (χ4n) is 2.55. The normalized spacial score (nSPS) is 22.9. The molecule has 0 saturated carbocycles. The number of ether oxygens (including phenoxy) is 2. The van der Waals surface area contributed by atoms with Crippen molar-refractivity contribution >= 4 is 11.8 Å². The Balaban J connectivity index is 1.96. The molecule has 4 nitrogen and oxygen atoms in total. The Labute approximate surface area is 128 Å². The van der Waals surface area contributed by atoms with Crippen molar-refractivity contribution < 1.29 is 19.1 Å². The zero-order valence-electron chi connectivity index (χ0n) is 12.2. The van der Waals surface area contributed by atoms with Crippen LogP contribution in [0, 0.1) is 0 Å². The van der Waals surface area contributed by atoms with Crippen molar-refractivity contribution in [1.29, 1.82) is 0 Å². The average Bonchev–Trinajstić information content (AvgIpc) is 3.33. The van der Waals surface area contributed by atoms with E-state index in [1.807, 2.05) is 36.4 Å². The summed E-state index contributed by atoms with van der Waals surface area (Å²) in [6.07, 6.45) is -0.597. The molecule has 2 aromatic carbocycles. The van der Waals surface area contributed by atoms with Gasteiger partial charge >= 0.3 is 5.97 Å². The van der Waals surface area contributed by atoms with Crippen molar-refractivity contribution in [1.82, 2.24) is 0 Å². The van der Waals surface area contributed by atoms with Gasteiger partial charge in [0.25, 0.3) is 5.60 Å². The van der Waals surface area contributed by atoms with Crippen molar-refractivity contribution in [2.75, 3.05) is 6.61 Å². The summed E-state index contributed by atoms with van der Waals surface area (Å²) < 4.78 is 10.7. The molecular formula is C18H16O4. The van der Waals surface area contributed by atoms with E-state index in [-0.39, 0.29) is 12.4 Å². The molecule has 0 aromatic heterocycles. The molecule has 0 bridgehead atoms. The van der Waals surface area contributed by atoms with Gasteiger partial charge in [-0.05, 0) is 12.5 Å². The molecule has 2 atom stereocenters. The van der Waals surface area contributed by atoms with Gasteiger partial charge in [-0.2, -0.15) is 0 Å². The smallest absolute Gasteiger partial charge is 0.349 e. The lowest BCUT2D eigenvalue weighted by Crippen LogP contribution is -2.36. The number of carbonyl (C=O) groups is 2. The molecule has 2 unspecified atom stereocenters. The standard InChI is InChI=1S/C18H16O4/c1-2-21-17(20)18(15(19)13-9-5-3-6-10-13)16(22-18)14-11-7-4-8-12-14/h3-12,16H,2H2,1H3. The van der Waals surface area contributed by atoms with Crippen LogP contribution in [0.1, 0.15) is 28.9 Å². The van der Waals surface area contributed by atoms with Crippen LogP contribution in [0.2, 0.25) is 0 Å². The van der Waals surface area contributed by atoms with Crippen LogP contribution < -0.4 is 0 Å². The van der Waals surface area contributed by atoms with Crippen LogP contribution in [-0.4, -0.2) is 24.0 Å². The van der Waals surface area contributed by atoms with Gasteiger partial charge in [-0.1, -0.05) is 60.7 Å². The second kappa shape index (κ2) is 5.73. The Morgan fingerprint density at radius 2 is 1.64 bits per heavy atom. The minimum absolute atomic E-state index is 0.202.